The first-order chi connectivity index (χ1) is 8.90. The van der Waals surface area contributed by atoms with Crippen molar-refractivity contribution < 1.29 is 19.5 Å². The highest BCUT2D eigenvalue weighted by Gasteiger charge is 2.13. The molecule has 1 atom stereocenters. The Hall–Kier alpha value is -2.37. The Morgan fingerprint density at radius 3 is 2.26 bits per heavy atom. The molecule has 0 aliphatic heterocycles. The molecule has 6 heteroatoms. The van der Waals surface area contributed by atoms with E-state index in [0.29, 0.717) is 11.3 Å². The number of carboxylic acids is 1. The maximum Gasteiger partial charge on any atom is 0.308 e. The smallest absolute Gasteiger partial charge is 0.308 e. The molecule has 0 radical (unpaired) electrons. The number of carbonyl (C=O) groups is 3. The molecule has 1 unspecified atom stereocenters. The minimum atomic E-state index is -0.957. The normalized spacial score (nSPS) is 11.5. The van der Waals surface area contributed by atoms with Crippen LogP contribution in [0.1, 0.15) is 24.2 Å². The monoisotopic (exact) mass is 264 g/mol. The van der Waals surface area contributed by atoms with E-state index < -0.39 is 11.9 Å². The van der Waals surface area contributed by atoms with E-state index in [1.165, 1.54) is 13.8 Å². The lowest BCUT2D eigenvalue weighted by molar-refractivity contribution is -0.140. The van der Waals surface area contributed by atoms with Gasteiger partial charge in [0.2, 0.25) is 5.91 Å². The van der Waals surface area contributed by atoms with E-state index >= 15 is 0 Å². The van der Waals surface area contributed by atoms with Crippen molar-refractivity contribution in [3.05, 3.63) is 29.8 Å². The van der Waals surface area contributed by atoms with Crippen LogP contribution in [0.15, 0.2) is 24.3 Å². The second-order valence-corrected chi connectivity index (χ2v) is 4.21. The van der Waals surface area contributed by atoms with Gasteiger partial charge in [0, 0.05) is 24.7 Å². The van der Waals surface area contributed by atoms with Gasteiger partial charge in [0.15, 0.2) is 0 Å². The van der Waals surface area contributed by atoms with Crippen molar-refractivity contribution in [2.45, 2.75) is 13.8 Å². The lowest BCUT2D eigenvalue weighted by atomic mass is 10.1. The number of aliphatic carboxylic acids is 1. The molecule has 1 aromatic rings. The fourth-order valence-electron chi connectivity index (χ4n) is 1.34. The fraction of sp³-hybridized carbons (Fsp3) is 0.308. The Bertz CT molecular complexity index is 482. The van der Waals surface area contributed by atoms with Gasteiger partial charge >= 0.3 is 5.97 Å². The van der Waals surface area contributed by atoms with E-state index in [9.17, 15) is 14.4 Å². The van der Waals surface area contributed by atoms with Crippen molar-refractivity contribution in [1.29, 1.82) is 0 Å². The SMILES string of the molecule is CC(=O)Nc1ccc(C(=O)NCC(C)C(=O)O)cc1. The Balaban J connectivity index is 2.58. The first kappa shape index (κ1) is 14.7. The molecule has 1 rings (SSSR count). The number of amides is 2. The lowest BCUT2D eigenvalue weighted by Gasteiger charge is -2.09. The number of carbonyl (C=O) groups excluding carboxylic acids is 2. The van der Waals surface area contributed by atoms with Crippen LogP contribution in [0.4, 0.5) is 5.69 Å². The maximum absolute atomic E-state index is 11.7. The highest BCUT2D eigenvalue weighted by Crippen LogP contribution is 2.09. The maximum atomic E-state index is 11.7. The molecular formula is C13H16N2O4. The van der Waals surface area contributed by atoms with Crippen molar-refractivity contribution in [3.8, 4) is 0 Å². The highest BCUT2D eigenvalue weighted by molar-refractivity contribution is 5.95. The van der Waals surface area contributed by atoms with Gasteiger partial charge in [0.25, 0.3) is 5.91 Å². The molecule has 102 valence electrons. The Labute approximate surface area is 110 Å². The van der Waals surface area contributed by atoms with Crippen molar-refractivity contribution in [2.75, 3.05) is 11.9 Å². The molecule has 0 aliphatic rings. The summed E-state index contributed by atoms with van der Waals surface area (Å²) >= 11 is 0. The van der Waals surface area contributed by atoms with Gasteiger partial charge in [-0.3, -0.25) is 14.4 Å². The summed E-state index contributed by atoms with van der Waals surface area (Å²) < 4.78 is 0. The zero-order valence-corrected chi connectivity index (χ0v) is 10.8. The quantitative estimate of drug-likeness (QED) is 0.742. The molecule has 1 aromatic carbocycles. The molecule has 0 saturated heterocycles. The van der Waals surface area contributed by atoms with Gasteiger partial charge in [-0.2, -0.15) is 0 Å². The first-order valence-corrected chi connectivity index (χ1v) is 5.79. The number of hydrogen-bond donors (Lipinski definition) is 3. The highest BCUT2D eigenvalue weighted by atomic mass is 16.4. The second kappa shape index (κ2) is 6.53. The van der Waals surface area contributed by atoms with E-state index in [4.69, 9.17) is 5.11 Å². The number of rotatable bonds is 5. The predicted molar refractivity (Wildman–Crippen MR) is 69.9 cm³/mol. The summed E-state index contributed by atoms with van der Waals surface area (Å²) in [6, 6.07) is 6.34. The van der Waals surface area contributed by atoms with Crippen molar-refractivity contribution in [1.82, 2.24) is 5.32 Å². The van der Waals surface area contributed by atoms with Crippen LogP contribution >= 0.6 is 0 Å². The summed E-state index contributed by atoms with van der Waals surface area (Å²) in [5, 5.41) is 13.8. The minimum Gasteiger partial charge on any atom is -0.481 e. The Morgan fingerprint density at radius 2 is 1.79 bits per heavy atom. The van der Waals surface area contributed by atoms with Crippen molar-refractivity contribution >= 4 is 23.5 Å². The van der Waals surface area contributed by atoms with Gasteiger partial charge in [-0.25, -0.2) is 0 Å². The third-order valence-electron chi connectivity index (χ3n) is 2.46. The van der Waals surface area contributed by atoms with E-state index in [2.05, 4.69) is 10.6 Å². The lowest BCUT2D eigenvalue weighted by Crippen LogP contribution is -2.31. The van der Waals surface area contributed by atoms with Gasteiger partial charge in [-0.1, -0.05) is 6.92 Å². The van der Waals surface area contributed by atoms with Gasteiger partial charge in [-0.15, -0.1) is 0 Å². The van der Waals surface area contributed by atoms with Crippen LogP contribution in [0, 0.1) is 5.92 Å². The Morgan fingerprint density at radius 1 is 1.21 bits per heavy atom. The summed E-state index contributed by atoms with van der Waals surface area (Å²) in [7, 11) is 0. The van der Waals surface area contributed by atoms with Gasteiger partial charge in [0.05, 0.1) is 5.92 Å². The van der Waals surface area contributed by atoms with E-state index in [1.54, 1.807) is 24.3 Å². The third-order valence-corrected chi connectivity index (χ3v) is 2.46. The third kappa shape index (κ3) is 4.79. The average molecular weight is 264 g/mol. The first-order valence-electron chi connectivity index (χ1n) is 5.79. The fourth-order valence-corrected chi connectivity index (χ4v) is 1.34. The average Bonchev–Trinajstić information content (AvgIpc) is 2.35. The van der Waals surface area contributed by atoms with Crippen LogP contribution in [0.2, 0.25) is 0 Å². The largest absolute Gasteiger partial charge is 0.481 e. The van der Waals surface area contributed by atoms with Crippen LogP contribution in [0.3, 0.4) is 0 Å². The topological polar surface area (TPSA) is 95.5 Å². The number of carboxylic acid groups (broad SMARTS) is 1. The molecule has 0 heterocycles. The van der Waals surface area contributed by atoms with Crippen molar-refractivity contribution in [3.63, 3.8) is 0 Å². The molecule has 2 amide bonds. The number of hydrogen-bond acceptors (Lipinski definition) is 3. The standard InChI is InChI=1S/C13H16N2O4/c1-8(13(18)19)7-14-12(17)10-3-5-11(6-4-10)15-9(2)16/h3-6,8H,7H2,1-2H3,(H,14,17)(H,15,16)(H,18,19). The summed E-state index contributed by atoms with van der Waals surface area (Å²) in [4.78, 5) is 33.1. The number of nitrogens with one attached hydrogen (secondary N) is 2. The van der Waals surface area contributed by atoms with E-state index in [0.717, 1.165) is 0 Å². The molecule has 0 spiro atoms. The van der Waals surface area contributed by atoms with Gasteiger partial charge in [0.1, 0.15) is 0 Å². The van der Waals surface area contributed by atoms with Crippen molar-refractivity contribution in [2.24, 2.45) is 5.92 Å². The van der Waals surface area contributed by atoms with Crippen LogP contribution in [0.25, 0.3) is 0 Å². The summed E-state index contributed by atoms with van der Waals surface area (Å²) in [5.41, 5.74) is 1.01. The summed E-state index contributed by atoms with van der Waals surface area (Å²) in [6.45, 7) is 2.98. The molecule has 6 nitrogen and oxygen atoms in total. The molecule has 0 aliphatic carbocycles. The predicted octanol–water partition coefficient (Wildman–Crippen LogP) is 1.10. The summed E-state index contributed by atoms with van der Waals surface area (Å²) in [6.07, 6.45) is 0. The molecule has 0 aromatic heterocycles. The number of anilines is 1. The van der Waals surface area contributed by atoms with Crippen LogP contribution < -0.4 is 10.6 Å². The second-order valence-electron chi connectivity index (χ2n) is 4.21. The number of benzene rings is 1. The summed E-state index contributed by atoms with van der Waals surface area (Å²) in [5.74, 6) is -2.13. The molecule has 0 fully saturated rings. The van der Waals surface area contributed by atoms with E-state index in [1.807, 2.05) is 0 Å². The van der Waals surface area contributed by atoms with Gasteiger partial charge in [-0.05, 0) is 24.3 Å². The Kier molecular flexibility index (Phi) is 5.05. The molecule has 0 saturated carbocycles. The zero-order valence-electron chi connectivity index (χ0n) is 10.8. The van der Waals surface area contributed by atoms with Crippen LogP contribution in [0.5, 0.6) is 0 Å². The molecular weight excluding hydrogens is 248 g/mol. The molecule has 3 N–H and O–H groups in total. The van der Waals surface area contributed by atoms with Gasteiger partial charge < -0.3 is 15.7 Å². The zero-order chi connectivity index (χ0) is 14.4. The van der Waals surface area contributed by atoms with Crippen LogP contribution in [-0.4, -0.2) is 29.4 Å². The minimum absolute atomic E-state index is 0.0710. The van der Waals surface area contributed by atoms with Crippen LogP contribution in [-0.2, 0) is 9.59 Å². The molecule has 0 bridgehead atoms. The molecule has 19 heavy (non-hydrogen) atoms. The van der Waals surface area contributed by atoms with E-state index in [-0.39, 0.29) is 18.4 Å².